The van der Waals surface area contributed by atoms with Crippen LogP contribution in [0.4, 0.5) is 4.79 Å². The molecule has 6 nitrogen and oxygen atoms in total. The number of allylic oxidation sites excluding steroid dienone is 2. The summed E-state index contributed by atoms with van der Waals surface area (Å²) in [6, 6.07) is -1.14. The Bertz CT molecular complexity index is 460. The van der Waals surface area contributed by atoms with Crippen molar-refractivity contribution >= 4 is 12.1 Å². The van der Waals surface area contributed by atoms with Crippen LogP contribution >= 0.6 is 0 Å². The summed E-state index contributed by atoms with van der Waals surface area (Å²) in [6.45, 7) is 0. The average molecular weight is 237 g/mol. The fraction of sp³-hybridized carbons (Fsp3) is 0.273. The molecule has 1 unspecified atom stereocenters. The highest BCUT2D eigenvalue weighted by atomic mass is 16.5. The van der Waals surface area contributed by atoms with E-state index >= 15 is 0 Å². The van der Waals surface area contributed by atoms with E-state index in [2.05, 4.69) is 10.1 Å². The Kier molecular flexibility index (Phi) is 2.86. The van der Waals surface area contributed by atoms with Crippen molar-refractivity contribution in [2.75, 3.05) is 7.11 Å². The molecule has 0 spiro atoms. The number of aliphatic carboxylic acids is 1. The Morgan fingerprint density at radius 2 is 2.29 bits per heavy atom. The van der Waals surface area contributed by atoms with Crippen molar-refractivity contribution in [2.45, 2.75) is 12.5 Å². The van der Waals surface area contributed by atoms with E-state index in [0.29, 0.717) is 23.5 Å². The highest BCUT2D eigenvalue weighted by Crippen LogP contribution is 2.29. The summed E-state index contributed by atoms with van der Waals surface area (Å²) in [6.07, 6.45) is 4.90. The highest BCUT2D eigenvalue weighted by Gasteiger charge is 2.28. The van der Waals surface area contributed by atoms with Crippen LogP contribution in [-0.2, 0) is 14.3 Å². The van der Waals surface area contributed by atoms with Gasteiger partial charge in [-0.3, -0.25) is 0 Å². The van der Waals surface area contributed by atoms with E-state index in [1.54, 1.807) is 12.2 Å². The zero-order valence-corrected chi connectivity index (χ0v) is 9.10. The van der Waals surface area contributed by atoms with E-state index in [1.807, 2.05) is 6.08 Å². The maximum atomic E-state index is 11.1. The predicted octanol–water partition coefficient (Wildman–Crippen LogP) is 0.924. The summed E-state index contributed by atoms with van der Waals surface area (Å²) in [5, 5.41) is 11.3. The molecule has 2 bridgehead atoms. The molecule has 2 rings (SSSR count). The number of fused-ring (bicyclic) bond motifs is 2. The first-order valence-electron chi connectivity index (χ1n) is 4.97. The fourth-order valence-corrected chi connectivity index (χ4v) is 1.64. The van der Waals surface area contributed by atoms with Gasteiger partial charge in [-0.2, -0.15) is 0 Å². The van der Waals surface area contributed by atoms with Crippen molar-refractivity contribution in [3.8, 4) is 0 Å². The molecule has 0 aromatic rings. The molecule has 0 aliphatic carbocycles. The third-order valence-electron chi connectivity index (χ3n) is 2.42. The van der Waals surface area contributed by atoms with Crippen molar-refractivity contribution in [2.24, 2.45) is 0 Å². The normalized spacial score (nSPS) is 18.3. The van der Waals surface area contributed by atoms with Gasteiger partial charge in [0, 0.05) is 6.42 Å². The van der Waals surface area contributed by atoms with Gasteiger partial charge in [0.2, 0.25) is 0 Å². The lowest BCUT2D eigenvalue weighted by molar-refractivity contribution is -0.138. The lowest BCUT2D eigenvalue weighted by Gasteiger charge is -2.18. The summed E-state index contributed by atoms with van der Waals surface area (Å²) in [5.74, 6) is 0.131. The molecular weight excluding hydrogens is 226 g/mol. The SMILES string of the molecule is COC(=O)NC(C(=O)O)C1=CC2=CCC(=C1)O2. The maximum Gasteiger partial charge on any atom is 0.407 e. The number of carboxylic acid groups (broad SMARTS) is 1. The summed E-state index contributed by atoms with van der Waals surface area (Å²) in [4.78, 5) is 22.1. The third kappa shape index (κ3) is 2.30. The first-order valence-corrected chi connectivity index (χ1v) is 4.97. The Hall–Kier alpha value is -2.24. The second-order valence-electron chi connectivity index (χ2n) is 3.57. The molecular formula is C11H11NO5. The maximum absolute atomic E-state index is 11.1. The lowest BCUT2D eigenvalue weighted by atomic mass is 10.1. The monoisotopic (exact) mass is 237 g/mol. The minimum atomic E-state index is -1.15. The zero-order chi connectivity index (χ0) is 12.4. The van der Waals surface area contributed by atoms with E-state index < -0.39 is 18.1 Å². The summed E-state index contributed by atoms with van der Waals surface area (Å²) in [5.41, 5.74) is 0.466. The van der Waals surface area contributed by atoms with Gasteiger partial charge in [0.1, 0.15) is 11.5 Å². The van der Waals surface area contributed by atoms with Crippen molar-refractivity contribution < 1.29 is 24.2 Å². The number of carbonyl (C=O) groups is 2. The van der Waals surface area contributed by atoms with E-state index in [4.69, 9.17) is 9.84 Å². The number of hydrogen-bond acceptors (Lipinski definition) is 4. The molecule has 2 aliphatic heterocycles. The van der Waals surface area contributed by atoms with Gasteiger partial charge in [0.25, 0.3) is 0 Å². The Morgan fingerprint density at radius 1 is 1.53 bits per heavy atom. The molecule has 0 saturated heterocycles. The number of carboxylic acids is 1. The molecule has 2 heterocycles. The molecule has 2 N–H and O–H groups in total. The van der Waals surface area contributed by atoms with Crippen molar-refractivity contribution in [3.63, 3.8) is 0 Å². The summed E-state index contributed by atoms with van der Waals surface area (Å²) < 4.78 is 9.68. The molecule has 0 radical (unpaired) electrons. The topological polar surface area (TPSA) is 84.9 Å². The van der Waals surface area contributed by atoms with Crippen LogP contribution in [0.2, 0.25) is 0 Å². The number of hydrogen-bond donors (Lipinski definition) is 2. The number of rotatable bonds is 3. The average Bonchev–Trinajstić information content (AvgIpc) is 2.64. The van der Waals surface area contributed by atoms with Crippen LogP contribution in [0, 0.1) is 0 Å². The molecule has 0 saturated carbocycles. The molecule has 0 aromatic heterocycles. The van der Waals surface area contributed by atoms with Gasteiger partial charge in [0.15, 0.2) is 6.04 Å². The fourth-order valence-electron chi connectivity index (χ4n) is 1.64. The largest absolute Gasteiger partial charge is 0.479 e. The van der Waals surface area contributed by atoms with Crippen molar-refractivity contribution in [1.29, 1.82) is 0 Å². The number of methoxy groups -OCH3 is 1. The molecule has 2 aliphatic rings. The minimum absolute atomic E-state index is 0.466. The van der Waals surface area contributed by atoms with E-state index in [0.717, 1.165) is 0 Å². The van der Waals surface area contributed by atoms with Crippen molar-refractivity contribution in [3.05, 3.63) is 35.3 Å². The first-order chi connectivity index (χ1) is 8.10. The molecule has 17 heavy (non-hydrogen) atoms. The van der Waals surface area contributed by atoms with Crippen LogP contribution in [0.1, 0.15) is 6.42 Å². The second kappa shape index (κ2) is 4.32. The standard InChI is InChI=1S/C11H11NO5/c1-16-11(15)12-9(10(13)14)6-4-7-2-3-8(5-6)17-7/h2,4-5,9H,3H2,1H3,(H,12,15)(H,13,14). The van der Waals surface area contributed by atoms with Crippen molar-refractivity contribution in [1.82, 2.24) is 5.32 Å². The molecule has 6 heteroatoms. The van der Waals surface area contributed by atoms with Gasteiger partial charge in [-0.25, -0.2) is 9.59 Å². The molecule has 1 amide bonds. The van der Waals surface area contributed by atoms with E-state index in [1.165, 1.54) is 7.11 Å². The van der Waals surface area contributed by atoms with Crippen LogP contribution in [0.15, 0.2) is 35.3 Å². The summed E-state index contributed by atoms with van der Waals surface area (Å²) >= 11 is 0. The Morgan fingerprint density at radius 3 is 2.88 bits per heavy atom. The third-order valence-corrected chi connectivity index (χ3v) is 2.42. The second-order valence-corrected chi connectivity index (χ2v) is 3.57. The lowest BCUT2D eigenvalue weighted by Crippen LogP contribution is -2.42. The first kappa shape index (κ1) is 11.3. The van der Waals surface area contributed by atoms with Crippen LogP contribution in [0.3, 0.4) is 0 Å². The number of ether oxygens (including phenoxy) is 2. The van der Waals surface area contributed by atoms with E-state index in [-0.39, 0.29) is 0 Å². The molecule has 1 atom stereocenters. The van der Waals surface area contributed by atoms with Gasteiger partial charge in [-0.15, -0.1) is 0 Å². The zero-order valence-electron chi connectivity index (χ0n) is 9.10. The molecule has 0 fully saturated rings. The highest BCUT2D eigenvalue weighted by molar-refractivity contribution is 5.84. The quantitative estimate of drug-likeness (QED) is 0.762. The van der Waals surface area contributed by atoms with Gasteiger partial charge >= 0.3 is 12.1 Å². The number of nitrogens with one attached hydrogen (secondary N) is 1. The number of amides is 1. The minimum Gasteiger partial charge on any atom is -0.479 e. The van der Waals surface area contributed by atoms with Gasteiger partial charge in [-0.05, 0) is 23.8 Å². The van der Waals surface area contributed by atoms with Crippen LogP contribution in [-0.4, -0.2) is 30.3 Å². The summed E-state index contributed by atoms with van der Waals surface area (Å²) in [7, 11) is 1.18. The smallest absolute Gasteiger partial charge is 0.407 e. The van der Waals surface area contributed by atoms with E-state index in [9.17, 15) is 9.59 Å². The predicted molar refractivity (Wildman–Crippen MR) is 56.9 cm³/mol. The number of carbonyl (C=O) groups excluding carboxylic acids is 1. The van der Waals surface area contributed by atoms with Crippen LogP contribution in [0.5, 0.6) is 0 Å². The van der Waals surface area contributed by atoms with Gasteiger partial charge in [-0.1, -0.05) is 0 Å². The van der Waals surface area contributed by atoms with Gasteiger partial charge < -0.3 is 19.9 Å². The van der Waals surface area contributed by atoms with Crippen LogP contribution in [0.25, 0.3) is 0 Å². The molecule has 0 aromatic carbocycles. The van der Waals surface area contributed by atoms with Gasteiger partial charge in [0.05, 0.1) is 7.11 Å². The van der Waals surface area contributed by atoms with Crippen LogP contribution < -0.4 is 5.32 Å². The Labute approximate surface area is 97.2 Å². The Balaban J connectivity index is 2.21. The molecule has 90 valence electrons. The number of alkyl carbamates (subject to hydrolysis) is 1.